The number of ketones is 1. The standard InChI is InChI=1S/C31H32ClN5O2/c1-19(2)30(39)34-31-33-29-17-23(13-14-37(29)35-31)22-11-12-27-25(16-22)26(18-36(27)4)28(38)10-5-7-20(3)21-8-6-9-24(32)15-21/h6,8-9,11-20H,5,7,10H2,1-4H3,(H,34,35,39)/t20-/m0/s1. The number of fused-ring (bicyclic) bond motifs is 2. The van der Waals surface area contributed by atoms with Crippen molar-refractivity contribution in [3.63, 3.8) is 0 Å². The molecule has 5 aromatic rings. The van der Waals surface area contributed by atoms with Crippen LogP contribution in [0.2, 0.25) is 5.02 Å². The van der Waals surface area contributed by atoms with Gasteiger partial charge in [0.25, 0.3) is 0 Å². The van der Waals surface area contributed by atoms with Crippen LogP contribution in [0.3, 0.4) is 0 Å². The summed E-state index contributed by atoms with van der Waals surface area (Å²) in [6.07, 6.45) is 5.97. The molecule has 0 fully saturated rings. The molecule has 0 saturated heterocycles. The second kappa shape index (κ2) is 11.0. The van der Waals surface area contributed by atoms with Gasteiger partial charge in [0.1, 0.15) is 0 Å². The van der Waals surface area contributed by atoms with Gasteiger partial charge in [-0.1, -0.05) is 50.6 Å². The van der Waals surface area contributed by atoms with Crippen LogP contribution in [0, 0.1) is 5.92 Å². The van der Waals surface area contributed by atoms with Crippen LogP contribution < -0.4 is 5.32 Å². The lowest BCUT2D eigenvalue weighted by molar-refractivity contribution is -0.118. The molecule has 1 amide bonds. The highest BCUT2D eigenvalue weighted by molar-refractivity contribution is 6.30. The van der Waals surface area contributed by atoms with Crippen molar-refractivity contribution < 1.29 is 9.59 Å². The van der Waals surface area contributed by atoms with Gasteiger partial charge in [-0.15, -0.1) is 5.10 Å². The average molecular weight is 542 g/mol. The molecular weight excluding hydrogens is 510 g/mol. The van der Waals surface area contributed by atoms with E-state index in [9.17, 15) is 9.59 Å². The molecule has 0 radical (unpaired) electrons. The Morgan fingerprint density at radius 1 is 1.03 bits per heavy atom. The van der Waals surface area contributed by atoms with Crippen LogP contribution >= 0.6 is 11.6 Å². The fourth-order valence-electron chi connectivity index (χ4n) is 4.85. The van der Waals surface area contributed by atoms with Crippen LogP contribution in [-0.2, 0) is 11.8 Å². The topological polar surface area (TPSA) is 81.3 Å². The van der Waals surface area contributed by atoms with E-state index >= 15 is 0 Å². The Kier molecular flexibility index (Phi) is 7.53. The summed E-state index contributed by atoms with van der Waals surface area (Å²) in [5.74, 6) is 0.475. The molecule has 3 aromatic heterocycles. The van der Waals surface area contributed by atoms with E-state index in [1.165, 1.54) is 5.56 Å². The molecule has 0 bridgehead atoms. The van der Waals surface area contributed by atoms with Crippen molar-refractivity contribution in [1.29, 1.82) is 0 Å². The molecule has 2 aromatic carbocycles. The number of halogens is 1. The number of nitrogens with zero attached hydrogens (tertiary/aromatic N) is 4. The maximum Gasteiger partial charge on any atom is 0.249 e. The average Bonchev–Trinajstić information content (AvgIpc) is 3.47. The highest BCUT2D eigenvalue weighted by Crippen LogP contribution is 2.30. The minimum absolute atomic E-state index is 0.128. The summed E-state index contributed by atoms with van der Waals surface area (Å²) in [4.78, 5) is 29.8. The Balaban J connectivity index is 1.35. The normalized spacial score (nSPS) is 12.4. The van der Waals surface area contributed by atoms with Crippen molar-refractivity contribution >= 4 is 45.8 Å². The van der Waals surface area contributed by atoms with E-state index < -0.39 is 0 Å². The van der Waals surface area contributed by atoms with Crippen molar-refractivity contribution in [2.45, 2.75) is 46.0 Å². The molecule has 3 heterocycles. The number of amides is 1. The number of anilines is 1. The zero-order valence-corrected chi connectivity index (χ0v) is 23.4. The SMILES string of the molecule is CC(C)C(=O)Nc1nc2cc(-c3ccc4c(c3)c(C(=O)CCC[C@H](C)c3cccc(Cl)c3)cn4C)ccn2n1. The molecule has 5 rings (SSSR count). The molecule has 1 atom stereocenters. The predicted molar refractivity (Wildman–Crippen MR) is 156 cm³/mol. The summed E-state index contributed by atoms with van der Waals surface area (Å²) in [7, 11) is 1.97. The molecule has 0 spiro atoms. The lowest BCUT2D eigenvalue weighted by Crippen LogP contribution is -2.18. The number of benzene rings is 2. The highest BCUT2D eigenvalue weighted by Gasteiger charge is 2.17. The highest BCUT2D eigenvalue weighted by atomic mass is 35.5. The summed E-state index contributed by atoms with van der Waals surface area (Å²) < 4.78 is 3.65. The molecule has 0 aliphatic heterocycles. The zero-order chi connectivity index (χ0) is 27.7. The van der Waals surface area contributed by atoms with E-state index in [0.717, 1.165) is 45.5 Å². The second-order valence-electron chi connectivity index (χ2n) is 10.5. The Morgan fingerprint density at radius 3 is 2.59 bits per heavy atom. The van der Waals surface area contributed by atoms with Gasteiger partial charge in [0.05, 0.1) is 0 Å². The summed E-state index contributed by atoms with van der Waals surface area (Å²) in [5, 5.41) is 8.77. The maximum absolute atomic E-state index is 13.3. The molecule has 8 heteroatoms. The molecule has 0 saturated carbocycles. The number of aromatic nitrogens is 4. The van der Waals surface area contributed by atoms with Gasteiger partial charge in [-0.05, 0) is 71.8 Å². The number of pyridine rings is 1. The van der Waals surface area contributed by atoms with Crippen molar-refractivity contribution in [1.82, 2.24) is 19.2 Å². The van der Waals surface area contributed by atoms with Crippen LogP contribution in [0.1, 0.15) is 61.9 Å². The Bertz CT molecular complexity index is 1680. The van der Waals surface area contributed by atoms with Gasteiger partial charge in [-0.25, -0.2) is 4.52 Å². The first-order valence-electron chi connectivity index (χ1n) is 13.2. The van der Waals surface area contributed by atoms with Crippen molar-refractivity contribution in [3.05, 3.63) is 83.1 Å². The van der Waals surface area contributed by atoms with Gasteiger partial charge in [-0.3, -0.25) is 14.9 Å². The van der Waals surface area contributed by atoms with E-state index in [0.29, 0.717) is 18.0 Å². The summed E-state index contributed by atoms with van der Waals surface area (Å²) >= 11 is 6.15. The monoisotopic (exact) mass is 541 g/mol. The van der Waals surface area contributed by atoms with Gasteiger partial charge in [0.2, 0.25) is 11.9 Å². The first-order valence-corrected chi connectivity index (χ1v) is 13.6. The lowest BCUT2D eigenvalue weighted by atomic mass is 9.94. The van der Waals surface area contributed by atoms with Crippen LogP contribution in [0.15, 0.2) is 67.0 Å². The zero-order valence-electron chi connectivity index (χ0n) is 22.6. The third-order valence-corrected chi connectivity index (χ3v) is 7.41. The number of hydrogen-bond acceptors (Lipinski definition) is 4. The third kappa shape index (κ3) is 5.73. The molecule has 7 nitrogen and oxygen atoms in total. The van der Waals surface area contributed by atoms with E-state index in [-0.39, 0.29) is 23.6 Å². The smallest absolute Gasteiger partial charge is 0.249 e. The van der Waals surface area contributed by atoms with Crippen molar-refractivity contribution in [2.75, 3.05) is 5.32 Å². The fourth-order valence-corrected chi connectivity index (χ4v) is 5.04. The molecule has 200 valence electrons. The van der Waals surface area contributed by atoms with Gasteiger partial charge in [-0.2, -0.15) is 4.98 Å². The summed E-state index contributed by atoms with van der Waals surface area (Å²) in [6, 6.07) is 18.0. The predicted octanol–water partition coefficient (Wildman–Crippen LogP) is 7.29. The summed E-state index contributed by atoms with van der Waals surface area (Å²) in [5.41, 5.74) is 5.52. The molecule has 0 aliphatic carbocycles. The van der Waals surface area contributed by atoms with Crippen LogP contribution in [0.25, 0.3) is 27.7 Å². The minimum atomic E-state index is -0.159. The first-order chi connectivity index (χ1) is 18.7. The van der Waals surface area contributed by atoms with E-state index in [4.69, 9.17) is 11.6 Å². The molecular formula is C31H32ClN5O2. The number of rotatable bonds is 9. The largest absolute Gasteiger partial charge is 0.350 e. The van der Waals surface area contributed by atoms with Crippen LogP contribution in [0.5, 0.6) is 0 Å². The van der Waals surface area contributed by atoms with Crippen molar-refractivity contribution in [3.8, 4) is 11.1 Å². The van der Waals surface area contributed by atoms with Crippen LogP contribution in [-0.4, -0.2) is 30.9 Å². The van der Waals surface area contributed by atoms with Gasteiger partial charge >= 0.3 is 0 Å². The Morgan fingerprint density at radius 2 is 1.82 bits per heavy atom. The molecule has 1 N–H and O–H groups in total. The Labute approximate surface area is 232 Å². The van der Waals surface area contributed by atoms with Crippen molar-refractivity contribution in [2.24, 2.45) is 13.0 Å². The second-order valence-corrected chi connectivity index (χ2v) is 10.9. The number of carbonyl (C=O) groups is 2. The lowest BCUT2D eigenvalue weighted by Gasteiger charge is -2.11. The molecule has 0 aliphatic rings. The first kappa shape index (κ1) is 26.6. The maximum atomic E-state index is 13.3. The van der Waals surface area contributed by atoms with E-state index in [2.05, 4.69) is 34.5 Å². The van der Waals surface area contributed by atoms with E-state index in [1.807, 2.05) is 80.3 Å². The number of nitrogens with one attached hydrogen (secondary N) is 1. The van der Waals surface area contributed by atoms with E-state index in [1.54, 1.807) is 4.52 Å². The minimum Gasteiger partial charge on any atom is -0.350 e. The van der Waals surface area contributed by atoms with Gasteiger partial charge < -0.3 is 4.57 Å². The molecule has 39 heavy (non-hydrogen) atoms. The third-order valence-electron chi connectivity index (χ3n) is 7.18. The number of carbonyl (C=O) groups excluding carboxylic acids is 2. The van der Waals surface area contributed by atoms with Crippen LogP contribution in [0.4, 0.5) is 5.95 Å². The quantitative estimate of drug-likeness (QED) is 0.199. The number of aryl methyl sites for hydroxylation is 1. The summed E-state index contributed by atoms with van der Waals surface area (Å²) in [6.45, 7) is 5.82. The fraction of sp³-hybridized carbons (Fsp3) is 0.290. The molecule has 0 unspecified atom stereocenters. The number of Topliss-reactive ketones (excluding diaryl/α,β-unsaturated/α-hetero) is 1. The van der Waals surface area contributed by atoms with Gasteiger partial charge in [0, 0.05) is 53.3 Å². The van der Waals surface area contributed by atoms with Gasteiger partial charge in [0.15, 0.2) is 11.4 Å². The Hall–Kier alpha value is -3.97. The number of hydrogen-bond donors (Lipinski definition) is 1.